The van der Waals surface area contributed by atoms with Gasteiger partial charge in [0.25, 0.3) is 0 Å². The summed E-state index contributed by atoms with van der Waals surface area (Å²) >= 11 is 13.0. The van der Waals surface area contributed by atoms with Crippen LogP contribution in [-0.4, -0.2) is 44.8 Å². The number of rotatable bonds is 7. The first-order valence-electron chi connectivity index (χ1n) is 6.91. The number of hydrogen-bond acceptors (Lipinski definition) is 3. The summed E-state index contributed by atoms with van der Waals surface area (Å²) < 4.78 is 5.94. The lowest BCUT2D eigenvalue weighted by molar-refractivity contribution is 0.0222. The lowest BCUT2D eigenvalue weighted by atomic mass is 10.1. The van der Waals surface area contributed by atoms with Gasteiger partial charge in [0.05, 0.1) is 29.8 Å². The largest absolute Gasteiger partial charge is 0.389 e. The van der Waals surface area contributed by atoms with Crippen molar-refractivity contribution in [2.75, 3.05) is 0 Å². The molecule has 0 radical (unpaired) electrons. The first-order valence-corrected chi connectivity index (χ1v) is 9.18. The molecule has 0 aliphatic carbocycles. The van der Waals surface area contributed by atoms with E-state index in [1.165, 1.54) is 0 Å². The molecule has 0 spiro atoms. The summed E-state index contributed by atoms with van der Waals surface area (Å²) in [6.07, 6.45) is 6.02. The van der Waals surface area contributed by atoms with Crippen LogP contribution in [0.15, 0.2) is 28.9 Å². The minimum absolute atomic E-state index is 0.0130. The van der Waals surface area contributed by atoms with E-state index >= 15 is 0 Å². The molecule has 1 aliphatic rings. The van der Waals surface area contributed by atoms with Gasteiger partial charge < -0.3 is 14.9 Å². The molecule has 0 aromatic rings. The van der Waals surface area contributed by atoms with Gasteiger partial charge in [0.1, 0.15) is 0 Å². The maximum atomic E-state index is 9.84. The summed E-state index contributed by atoms with van der Waals surface area (Å²) in [5.41, 5.74) is 2.79. The lowest BCUT2D eigenvalue weighted by Gasteiger charge is -2.18. The molecule has 1 rings (SSSR count). The Morgan fingerprint density at radius 3 is 2.81 bits per heavy atom. The minimum Gasteiger partial charge on any atom is -0.389 e. The van der Waals surface area contributed by atoms with Gasteiger partial charge in [-0.3, -0.25) is 0 Å². The van der Waals surface area contributed by atoms with Crippen LogP contribution in [-0.2, 0) is 4.74 Å². The summed E-state index contributed by atoms with van der Waals surface area (Å²) in [5, 5.41) is 18.9. The van der Waals surface area contributed by atoms with Crippen LogP contribution < -0.4 is 0 Å². The Kier molecular flexibility index (Phi) is 9.46. The van der Waals surface area contributed by atoms with Crippen LogP contribution >= 0.6 is 43.5 Å². The maximum absolute atomic E-state index is 9.84. The molecule has 2 N–H and O–H groups in total. The summed E-state index contributed by atoms with van der Waals surface area (Å²) in [6, 6.07) is 0. The van der Waals surface area contributed by atoms with E-state index in [0.29, 0.717) is 6.42 Å². The summed E-state index contributed by atoms with van der Waals surface area (Å²) in [4.78, 5) is 1.71. The van der Waals surface area contributed by atoms with Crippen molar-refractivity contribution in [3.63, 3.8) is 0 Å². The van der Waals surface area contributed by atoms with Crippen LogP contribution in [0.5, 0.6) is 0 Å². The van der Waals surface area contributed by atoms with E-state index in [4.69, 9.17) is 16.3 Å². The smallest absolute Gasteiger partial charge is 0.0819 e. The topological polar surface area (TPSA) is 49.7 Å². The summed E-state index contributed by atoms with van der Waals surface area (Å²) in [5.74, 6) is 0. The van der Waals surface area contributed by atoms with Crippen molar-refractivity contribution < 1.29 is 14.9 Å². The fraction of sp³-hybridized carbons (Fsp3) is 0.667. The molecule has 6 heteroatoms. The highest BCUT2D eigenvalue weighted by molar-refractivity contribution is 9.11. The predicted octanol–water partition coefficient (Wildman–Crippen LogP) is 3.66. The van der Waals surface area contributed by atoms with Crippen LogP contribution in [0.3, 0.4) is 0 Å². The molecule has 1 saturated heterocycles. The average Bonchev–Trinajstić information content (AvgIpc) is 2.77. The molecule has 6 atom stereocenters. The van der Waals surface area contributed by atoms with E-state index in [1.807, 2.05) is 6.08 Å². The third kappa shape index (κ3) is 7.47. The van der Waals surface area contributed by atoms with Crippen LogP contribution in [0.1, 0.15) is 26.2 Å². The second-order valence-corrected chi connectivity index (χ2v) is 7.33. The highest BCUT2D eigenvalue weighted by Crippen LogP contribution is 2.33. The Hall–Kier alpha value is 0.390. The molecule has 0 amide bonds. The first kappa shape index (κ1) is 19.4. The zero-order valence-electron chi connectivity index (χ0n) is 11.8. The third-order valence-corrected chi connectivity index (χ3v) is 4.90. The molecule has 0 aromatic carbocycles. The lowest BCUT2D eigenvalue weighted by Crippen LogP contribution is -2.24. The van der Waals surface area contributed by atoms with Crippen molar-refractivity contribution in [2.24, 2.45) is 0 Å². The molecule has 120 valence electrons. The van der Waals surface area contributed by atoms with E-state index in [9.17, 15) is 10.2 Å². The van der Waals surface area contributed by atoms with Crippen LogP contribution in [0.25, 0.3) is 0 Å². The van der Waals surface area contributed by atoms with Gasteiger partial charge in [-0.2, -0.15) is 0 Å². The normalized spacial score (nSPS) is 29.9. The first-order chi connectivity index (χ1) is 9.93. The highest BCUT2D eigenvalue weighted by Gasteiger charge is 2.37. The monoisotopic (exact) mass is 442 g/mol. The number of ether oxygens (including phenoxy) is 1. The van der Waals surface area contributed by atoms with Crippen LogP contribution in [0.4, 0.5) is 0 Å². The van der Waals surface area contributed by atoms with Crippen molar-refractivity contribution in [2.45, 2.75) is 60.8 Å². The number of alkyl halides is 2. The van der Waals surface area contributed by atoms with Gasteiger partial charge in [-0.15, -0.1) is 17.3 Å². The number of aliphatic hydroxyl groups is 2. The van der Waals surface area contributed by atoms with Crippen molar-refractivity contribution in [3.8, 4) is 0 Å². The minimum atomic E-state index is -0.618. The second-order valence-electron chi connectivity index (χ2n) is 5.13. The van der Waals surface area contributed by atoms with Gasteiger partial charge in [0.2, 0.25) is 0 Å². The highest BCUT2D eigenvalue weighted by atomic mass is 79.9. The van der Waals surface area contributed by atoms with Crippen molar-refractivity contribution in [1.82, 2.24) is 0 Å². The molecular weight excluding hydrogens is 423 g/mol. The molecule has 1 aliphatic heterocycles. The van der Waals surface area contributed by atoms with E-state index in [2.05, 4.69) is 37.6 Å². The van der Waals surface area contributed by atoms with Gasteiger partial charge in [0, 0.05) is 16.2 Å². The predicted molar refractivity (Wildman–Crippen MR) is 93.3 cm³/mol. The van der Waals surface area contributed by atoms with Gasteiger partial charge in [-0.1, -0.05) is 44.0 Å². The fourth-order valence-electron chi connectivity index (χ4n) is 2.19. The van der Waals surface area contributed by atoms with Gasteiger partial charge >= 0.3 is 0 Å². The van der Waals surface area contributed by atoms with Gasteiger partial charge in [0.15, 0.2) is 0 Å². The summed E-state index contributed by atoms with van der Waals surface area (Å²) in [7, 11) is 0. The van der Waals surface area contributed by atoms with Crippen LogP contribution in [0, 0.1) is 0 Å². The van der Waals surface area contributed by atoms with E-state index in [-0.39, 0.29) is 22.4 Å². The van der Waals surface area contributed by atoms with Crippen molar-refractivity contribution in [3.05, 3.63) is 28.9 Å². The number of allylic oxidation sites excluding steroid dienone is 1. The van der Waals surface area contributed by atoms with E-state index < -0.39 is 12.2 Å². The standard InChI is InChI=1S/C15H21Br2ClO3/c1-10(19)4-2-6-12(17)14-9-13(18)15(21-14)8-11(20)5-3-7-16/h2,4-5,7,10-15,19-20H,6,8-9H2,1H3. The van der Waals surface area contributed by atoms with E-state index in [0.717, 1.165) is 12.8 Å². The Morgan fingerprint density at radius 1 is 1.48 bits per heavy atom. The Morgan fingerprint density at radius 2 is 2.19 bits per heavy atom. The number of aliphatic hydroxyl groups excluding tert-OH is 2. The summed E-state index contributed by atoms with van der Waals surface area (Å²) in [6.45, 7) is 1.72. The molecule has 6 unspecified atom stereocenters. The maximum Gasteiger partial charge on any atom is 0.0819 e. The van der Waals surface area contributed by atoms with Crippen LogP contribution in [0.2, 0.25) is 0 Å². The Labute approximate surface area is 148 Å². The van der Waals surface area contributed by atoms with E-state index in [1.54, 1.807) is 24.1 Å². The number of hydrogen-bond donors (Lipinski definition) is 2. The molecule has 0 aromatic heterocycles. The molecular formula is C15H21Br2ClO3. The zero-order valence-corrected chi connectivity index (χ0v) is 15.8. The molecule has 3 nitrogen and oxygen atoms in total. The fourth-order valence-corrected chi connectivity index (χ4v) is 3.23. The molecule has 1 heterocycles. The average molecular weight is 445 g/mol. The molecule has 0 bridgehead atoms. The van der Waals surface area contributed by atoms with Gasteiger partial charge in [-0.05, 0) is 25.8 Å². The Bertz CT molecular complexity index is 394. The quantitative estimate of drug-likeness (QED) is 0.358. The molecule has 0 saturated carbocycles. The third-order valence-electron chi connectivity index (χ3n) is 3.22. The Balaban J connectivity index is 2.46. The van der Waals surface area contributed by atoms with Crippen molar-refractivity contribution in [1.29, 1.82) is 0 Å². The molecule has 21 heavy (non-hydrogen) atoms. The SMILES string of the molecule is CC(O)C=CCC(Br)C1CC(Cl)C(CC(O)C=C=CBr)O1. The number of halogens is 3. The zero-order chi connectivity index (χ0) is 15.8. The van der Waals surface area contributed by atoms with Crippen molar-refractivity contribution >= 4 is 43.5 Å². The second kappa shape index (κ2) is 10.2. The van der Waals surface area contributed by atoms with Gasteiger partial charge in [-0.25, -0.2) is 0 Å². The molecule has 1 fully saturated rings.